The lowest BCUT2D eigenvalue weighted by Crippen LogP contribution is -2.46. The number of likely N-dealkylation sites (N-methyl/N-ethyl adjacent to an activating group) is 1. The molecule has 0 fully saturated rings. The van der Waals surface area contributed by atoms with Gasteiger partial charge >= 0.3 is 6.03 Å². The molecule has 2 amide bonds. The van der Waals surface area contributed by atoms with Crippen LogP contribution < -0.4 is 10.6 Å². The molecule has 0 saturated carbocycles. The molecule has 0 aliphatic rings. The first-order chi connectivity index (χ1) is 10.3. The third-order valence-electron chi connectivity index (χ3n) is 3.00. The molecule has 1 atom stereocenters. The first-order valence-corrected chi connectivity index (χ1v) is 9.11. The van der Waals surface area contributed by atoms with Gasteiger partial charge in [0.2, 0.25) is 0 Å². The zero-order valence-electron chi connectivity index (χ0n) is 12.9. The number of nitrogens with one attached hydrogen (secondary N) is 2. The topological polar surface area (TPSA) is 78.5 Å². The largest absolute Gasteiger partial charge is 0.337 e. The van der Waals surface area contributed by atoms with Crippen LogP contribution in [0.25, 0.3) is 0 Å². The molecule has 1 rings (SSSR count). The summed E-state index contributed by atoms with van der Waals surface area (Å²) in [7, 11) is -2.01. The normalized spacial score (nSPS) is 12.9. The third-order valence-corrected chi connectivity index (χ3v) is 6.23. The Morgan fingerprint density at radius 2 is 2.18 bits per heavy atom. The summed E-state index contributed by atoms with van der Waals surface area (Å²) < 4.78 is 25.8. The summed E-state index contributed by atoms with van der Waals surface area (Å²) in [5.74, 6) is 2.62. The molecule has 6 nitrogen and oxygen atoms in total. The smallest absolute Gasteiger partial charge is 0.315 e. The molecule has 0 unspecified atom stereocenters. The van der Waals surface area contributed by atoms with Gasteiger partial charge in [0.1, 0.15) is 4.21 Å². The number of hydrogen-bond acceptors (Lipinski definition) is 4. The molecule has 0 aromatic carbocycles. The molecule has 122 valence electrons. The predicted octanol–water partition coefficient (Wildman–Crippen LogP) is 1.33. The van der Waals surface area contributed by atoms with Crippen LogP contribution in [0.15, 0.2) is 21.7 Å². The van der Waals surface area contributed by atoms with Gasteiger partial charge in [0.25, 0.3) is 10.0 Å². The summed E-state index contributed by atoms with van der Waals surface area (Å²) in [5.41, 5.74) is 0. The standard InChI is InChI=1S/C14H21N3O3S2/c1-5-12(11(2)3)16-14(18)15-8-9-17(4)22(19,20)13-7-6-10-21-13/h1,6-7,10-12H,8-9H2,2-4H3,(H2,15,16,18)/t12-/m0/s1. The highest BCUT2D eigenvalue weighted by Crippen LogP contribution is 2.19. The van der Waals surface area contributed by atoms with Crippen LogP contribution in [0.4, 0.5) is 4.79 Å². The van der Waals surface area contributed by atoms with Gasteiger partial charge in [-0.05, 0) is 17.4 Å². The zero-order valence-corrected chi connectivity index (χ0v) is 14.5. The van der Waals surface area contributed by atoms with Gasteiger partial charge in [-0.3, -0.25) is 0 Å². The third kappa shape index (κ3) is 5.02. The first-order valence-electron chi connectivity index (χ1n) is 6.79. The predicted molar refractivity (Wildman–Crippen MR) is 88.1 cm³/mol. The molecule has 0 aliphatic carbocycles. The van der Waals surface area contributed by atoms with Crippen LogP contribution in [-0.2, 0) is 10.0 Å². The minimum Gasteiger partial charge on any atom is -0.337 e. The van der Waals surface area contributed by atoms with Crippen LogP contribution in [0.2, 0.25) is 0 Å². The fourth-order valence-electron chi connectivity index (χ4n) is 1.60. The molecule has 1 aromatic heterocycles. The Morgan fingerprint density at radius 1 is 1.50 bits per heavy atom. The minimum atomic E-state index is -3.49. The number of sulfonamides is 1. The Bertz CT molecular complexity index is 618. The van der Waals surface area contributed by atoms with Crippen LogP contribution in [-0.4, -0.2) is 44.9 Å². The molecule has 0 radical (unpaired) electrons. The second-order valence-corrected chi connectivity index (χ2v) is 8.27. The highest BCUT2D eigenvalue weighted by molar-refractivity contribution is 7.91. The highest BCUT2D eigenvalue weighted by atomic mass is 32.2. The summed E-state index contributed by atoms with van der Waals surface area (Å²) in [6.45, 7) is 4.19. The van der Waals surface area contributed by atoms with Crippen molar-refractivity contribution in [1.29, 1.82) is 0 Å². The van der Waals surface area contributed by atoms with E-state index in [0.29, 0.717) is 0 Å². The second-order valence-electron chi connectivity index (χ2n) is 5.05. The zero-order chi connectivity index (χ0) is 16.8. The van der Waals surface area contributed by atoms with Crippen molar-refractivity contribution in [1.82, 2.24) is 14.9 Å². The lowest BCUT2D eigenvalue weighted by atomic mass is 10.1. The molecular weight excluding hydrogens is 322 g/mol. The number of urea groups is 1. The number of nitrogens with zero attached hydrogens (tertiary/aromatic N) is 1. The molecule has 0 aliphatic heterocycles. The summed E-state index contributed by atoms with van der Waals surface area (Å²) in [5, 5.41) is 6.96. The lowest BCUT2D eigenvalue weighted by molar-refractivity contribution is 0.236. The van der Waals surface area contributed by atoms with E-state index in [1.54, 1.807) is 17.5 Å². The van der Waals surface area contributed by atoms with Gasteiger partial charge in [-0.15, -0.1) is 17.8 Å². The van der Waals surface area contributed by atoms with Crippen LogP contribution in [0.5, 0.6) is 0 Å². The number of hydrogen-bond donors (Lipinski definition) is 2. The van der Waals surface area contributed by atoms with Gasteiger partial charge < -0.3 is 10.6 Å². The average molecular weight is 343 g/mol. The maximum atomic E-state index is 12.2. The summed E-state index contributed by atoms with van der Waals surface area (Å²) >= 11 is 1.16. The summed E-state index contributed by atoms with van der Waals surface area (Å²) in [6, 6.07) is 2.48. The molecule has 1 heterocycles. The fraction of sp³-hybridized carbons (Fsp3) is 0.500. The van der Waals surface area contributed by atoms with Crippen molar-refractivity contribution in [2.75, 3.05) is 20.1 Å². The Labute approximate surface area is 136 Å². The van der Waals surface area contributed by atoms with E-state index in [1.807, 2.05) is 13.8 Å². The van der Waals surface area contributed by atoms with E-state index >= 15 is 0 Å². The van der Waals surface area contributed by atoms with Gasteiger partial charge in [-0.25, -0.2) is 13.2 Å². The maximum Gasteiger partial charge on any atom is 0.315 e. The van der Waals surface area contributed by atoms with Gasteiger partial charge in [0, 0.05) is 20.1 Å². The minimum absolute atomic E-state index is 0.123. The van der Waals surface area contributed by atoms with E-state index < -0.39 is 16.1 Å². The molecular formula is C14H21N3O3S2. The number of thiophene rings is 1. The monoisotopic (exact) mass is 343 g/mol. The number of amides is 2. The Balaban J connectivity index is 2.44. The van der Waals surface area contributed by atoms with E-state index in [9.17, 15) is 13.2 Å². The molecule has 0 bridgehead atoms. The molecule has 0 spiro atoms. The molecule has 1 aromatic rings. The SMILES string of the molecule is C#C[C@H](NC(=O)NCCN(C)S(=O)(=O)c1cccs1)C(C)C. The van der Waals surface area contributed by atoms with Crippen molar-refractivity contribution in [2.45, 2.75) is 24.1 Å². The maximum absolute atomic E-state index is 12.2. The van der Waals surface area contributed by atoms with Crippen molar-refractivity contribution in [2.24, 2.45) is 5.92 Å². The van der Waals surface area contributed by atoms with Crippen molar-refractivity contribution in [3.05, 3.63) is 17.5 Å². The highest BCUT2D eigenvalue weighted by Gasteiger charge is 2.21. The molecule has 0 saturated heterocycles. The Hall–Kier alpha value is -1.56. The van der Waals surface area contributed by atoms with E-state index in [4.69, 9.17) is 6.42 Å². The van der Waals surface area contributed by atoms with Crippen LogP contribution in [0.3, 0.4) is 0 Å². The van der Waals surface area contributed by atoms with Gasteiger partial charge in [-0.2, -0.15) is 4.31 Å². The van der Waals surface area contributed by atoms with E-state index in [1.165, 1.54) is 11.4 Å². The molecule has 22 heavy (non-hydrogen) atoms. The Morgan fingerprint density at radius 3 is 2.68 bits per heavy atom. The van der Waals surface area contributed by atoms with Crippen LogP contribution in [0, 0.1) is 18.3 Å². The van der Waals surface area contributed by atoms with Gasteiger partial charge in [-0.1, -0.05) is 25.8 Å². The van der Waals surface area contributed by atoms with Crippen molar-refractivity contribution in [3.8, 4) is 12.3 Å². The number of carbonyl (C=O) groups is 1. The number of carbonyl (C=O) groups excluding carboxylic acids is 1. The summed E-state index contributed by atoms with van der Waals surface area (Å²) in [6.07, 6.45) is 5.33. The van der Waals surface area contributed by atoms with Crippen molar-refractivity contribution < 1.29 is 13.2 Å². The summed E-state index contributed by atoms with van der Waals surface area (Å²) in [4.78, 5) is 11.7. The molecule has 2 N–H and O–H groups in total. The van der Waals surface area contributed by atoms with E-state index in [-0.39, 0.29) is 29.3 Å². The van der Waals surface area contributed by atoms with Crippen LogP contribution >= 0.6 is 11.3 Å². The van der Waals surface area contributed by atoms with Gasteiger partial charge in [0.05, 0.1) is 6.04 Å². The average Bonchev–Trinajstić information content (AvgIpc) is 2.99. The van der Waals surface area contributed by atoms with E-state index in [0.717, 1.165) is 11.3 Å². The first kappa shape index (κ1) is 18.5. The van der Waals surface area contributed by atoms with Crippen LogP contribution in [0.1, 0.15) is 13.8 Å². The molecule has 8 heteroatoms. The quantitative estimate of drug-likeness (QED) is 0.733. The number of rotatable bonds is 7. The second kappa shape index (κ2) is 8.17. The lowest BCUT2D eigenvalue weighted by Gasteiger charge is -2.19. The van der Waals surface area contributed by atoms with E-state index in [2.05, 4.69) is 16.6 Å². The van der Waals surface area contributed by atoms with Crippen molar-refractivity contribution in [3.63, 3.8) is 0 Å². The Kier molecular flexibility index (Phi) is 6.87. The fourth-order valence-corrected chi connectivity index (χ4v) is 3.98. The van der Waals surface area contributed by atoms with Gasteiger partial charge in [0.15, 0.2) is 0 Å². The van der Waals surface area contributed by atoms with Crippen molar-refractivity contribution >= 4 is 27.4 Å². The number of terminal acetylenes is 1.